The van der Waals surface area contributed by atoms with E-state index in [9.17, 15) is 9.59 Å². The number of hydrogen-bond donors (Lipinski definition) is 2. The molecule has 0 bridgehead atoms. The minimum absolute atomic E-state index is 0.185. The van der Waals surface area contributed by atoms with Crippen molar-refractivity contribution >= 4 is 34.3 Å². The van der Waals surface area contributed by atoms with Crippen molar-refractivity contribution in [1.82, 2.24) is 5.32 Å². The van der Waals surface area contributed by atoms with Gasteiger partial charge in [0.25, 0.3) is 0 Å². The maximum atomic E-state index is 12.1. The lowest BCUT2D eigenvalue weighted by atomic mass is 10.2. The number of Topliss-reactive ketones (excluding diaryl/α,β-unsaturated/α-hetero) is 1. The number of nitrogens with one attached hydrogen (secondary N) is 2. The van der Waals surface area contributed by atoms with Crippen molar-refractivity contribution in [2.45, 2.75) is 12.2 Å². The normalized spacial score (nSPS) is 15.3. The molecule has 5 nitrogen and oxygen atoms in total. The maximum absolute atomic E-state index is 12.1. The molecular formula is C13H15N3O2S. The van der Waals surface area contributed by atoms with Crippen LogP contribution in [0.15, 0.2) is 35.3 Å². The molecule has 0 spiro atoms. The fourth-order valence-electron chi connectivity index (χ4n) is 1.62. The number of para-hydroxylation sites is 1. The molecule has 0 unspecified atom stereocenters. The molecule has 0 saturated heterocycles. The molecule has 2 rings (SSSR count). The molecule has 0 aromatic heterocycles. The van der Waals surface area contributed by atoms with Gasteiger partial charge in [-0.1, -0.05) is 30.0 Å². The minimum Gasteiger partial charge on any atom is -0.363 e. The van der Waals surface area contributed by atoms with Gasteiger partial charge in [0.05, 0.1) is 6.54 Å². The summed E-state index contributed by atoms with van der Waals surface area (Å²) in [6.45, 7) is 2.86. The van der Waals surface area contributed by atoms with Gasteiger partial charge in [-0.05, 0) is 19.1 Å². The number of ketones is 1. The van der Waals surface area contributed by atoms with Crippen LogP contribution in [0, 0.1) is 0 Å². The Morgan fingerprint density at radius 1 is 1.37 bits per heavy atom. The number of aliphatic imine (C=N–C) groups is 1. The zero-order valence-corrected chi connectivity index (χ0v) is 11.4. The van der Waals surface area contributed by atoms with Crippen molar-refractivity contribution in [2.24, 2.45) is 4.99 Å². The summed E-state index contributed by atoms with van der Waals surface area (Å²) < 4.78 is 0. The highest BCUT2D eigenvalue weighted by Crippen LogP contribution is 2.17. The highest BCUT2D eigenvalue weighted by molar-refractivity contribution is 8.15. The standard InChI is InChI=1S/C13H15N3O2S/c1-9(17)11(19-13-14-7-8-15-13)12(18)16-10-5-3-2-4-6-10/h2-6,11H,7-8H2,1H3,(H,14,15)(H,16,18)/t11-/m1/s1. The molecule has 1 heterocycles. The quantitative estimate of drug-likeness (QED) is 0.813. The van der Waals surface area contributed by atoms with Crippen molar-refractivity contribution in [1.29, 1.82) is 0 Å². The van der Waals surface area contributed by atoms with E-state index in [1.54, 1.807) is 12.1 Å². The molecule has 0 fully saturated rings. The van der Waals surface area contributed by atoms with Crippen molar-refractivity contribution in [3.63, 3.8) is 0 Å². The molecule has 0 saturated carbocycles. The molecule has 1 aromatic rings. The first-order valence-corrected chi connectivity index (χ1v) is 6.86. The molecular weight excluding hydrogens is 262 g/mol. The van der Waals surface area contributed by atoms with Crippen LogP contribution >= 0.6 is 11.8 Å². The number of hydrogen-bond acceptors (Lipinski definition) is 5. The van der Waals surface area contributed by atoms with E-state index in [2.05, 4.69) is 15.6 Å². The summed E-state index contributed by atoms with van der Waals surface area (Å²) in [6, 6.07) is 9.09. The minimum atomic E-state index is -0.774. The Bertz CT molecular complexity index is 502. The molecule has 1 aliphatic rings. The number of amidine groups is 1. The van der Waals surface area contributed by atoms with E-state index >= 15 is 0 Å². The Kier molecular flexibility index (Phi) is 4.57. The van der Waals surface area contributed by atoms with Gasteiger partial charge in [0.1, 0.15) is 5.25 Å². The van der Waals surface area contributed by atoms with Gasteiger partial charge in [-0.15, -0.1) is 0 Å². The van der Waals surface area contributed by atoms with Gasteiger partial charge < -0.3 is 10.6 Å². The maximum Gasteiger partial charge on any atom is 0.245 e. The Hall–Kier alpha value is -1.82. The van der Waals surface area contributed by atoms with Crippen LogP contribution in [0.5, 0.6) is 0 Å². The van der Waals surface area contributed by atoms with Gasteiger partial charge in [-0.25, -0.2) is 0 Å². The van der Waals surface area contributed by atoms with E-state index in [4.69, 9.17) is 0 Å². The summed E-state index contributed by atoms with van der Waals surface area (Å²) in [7, 11) is 0. The zero-order chi connectivity index (χ0) is 13.7. The molecule has 0 radical (unpaired) electrons. The molecule has 6 heteroatoms. The van der Waals surface area contributed by atoms with E-state index < -0.39 is 5.25 Å². The molecule has 1 amide bonds. The Morgan fingerprint density at radius 3 is 2.68 bits per heavy atom. The number of amides is 1. The Balaban J connectivity index is 2.02. The first-order chi connectivity index (χ1) is 9.16. The van der Waals surface area contributed by atoms with E-state index in [-0.39, 0.29) is 11.7 Å². The summed E-state index contributed by atoms with van der Waals surface area (Å²) in [5, 5.41) is 5.66. The SMILES string of the molecule is CC(=O)[C@@H](SC1=NCCN1)C(=O)Nc1ccccc1. The lowest BCUT2D eigenvalue weighted by molar-refractivity contribution is -0.123. The lowest BCUT2D eigenvalue weighted by Gasteiger charge is -2.13. The smallest absolute Gasteiger partial charge is 0.245 e. The van der Waals surface area contributed by atoms with Crippen LogP contribution in [0.4, 0.5) is 5.69 Å². The molecule has 100 valence electrons. The van der Waals surface area contributed by atoms with Gasteiger partial charge in [-0.2, -0.15) is 0 Å². The van der Waals surface area contributed by atoms with Crippen LogP contribution in [-0.4, -0.2) is 35.2 Å². The average molecular weight is 277 g/mol. The highest BCUT2D eigenvalue weighted by atomic mass is 32.2. The highest BCUT2D eigenvalue weighted by Gasteiger charge is 2.27. The predicted molar refractivity (Wildman–Crippen MR) is 77.4 cm³/mol. The number of nitrogens with zero attached hydrogens (tertiary/aromatic N) is 1. The number of thioether (sulfide) groups is 1. The summed E-state index contributed by atoms with van der Waals surface area (Å²) in [6.07, 6.45) is 0. The van der Waals surface area contributed by atoms with E-state index in [1.165, 1.54) is 18.7 Å². The van der Waals surface area contributed by atoms with Gasteiger partial charge >= 0.3 is 0 Å². The van der Waals surface area contributed by atoms with Crippen LogP contribution in [0.3, 0.4) is 0 Å². The fourth-order valence-corrected chi connectivity index (χ4v) is 2.52. The fraction of sp³-hybridized carbons (Fsp3) is 0.308. The third-order valence-corrected chi connectivity index (χ3v) is 3.80. The van der Waals surface area contributed by atoms with Crippen molar-refractivity contribution in [2.75, 3.05) is 18.4 Å². The molecule has 2 N–H and O–H groups in total. The van der Waals surface area contributed by atoms with Crippen molar-refractivity contribution < 1.29 is 9.59 Å². The van der Waals surface area contributed by atoms with E-state index in [1.807, 2.05) is 18.2 Å². The van der Waals surface area contributed by atoms with Gasteiger partial charge in [-0.3, -0.25) is 14.6 Å². The van der Waals surface area contributed by atoms with Crippen LogP contribution < -0.4 is 10.6 Å². The average Bonchev–Trinajstić information content (AvgIpc) is 2.89. The number of carbonyl (C=O) groups is 2. The van der Waals surface area contributed by atoms with Gasteiger partial charge in [0.15, 0.2) is 11.0 Å². The van der Waals surface area contributed by atoms with Crippen LogP contribution in [0.25, 0.3) is 0 Å². The summed E-state index contributed by atoms with van der Waals surface area (Å²) >= 11 is 1.17. The summed E-state index contributed by atoms with van der Waals surface area (Å²) in [5.74, 6) is -0.505. The number of carbonyl (C=O) groups excluding carboxylic acids is 2. The first kappa shape index (κ1) is 13.6. The van der Waals surface area contributed by atoms with Crippen LogP contribution in [0.1, 0.15) is 6.92 Å². The largest absolute Gasteiger partial charge is 0.363 e. The summed E-state index contributed by atoms with van der Waals surface area (Å²) in [4.78, 5) is 27.9. The number of rotatable bonds is 4. The van der Waals surface area contributed by atoms with Crippen molar-refractivity contribution in [3.8, 4) is 0 Å². The van der Waals surface area contributed by atoms with Crippen LogP contribution in [0.2, 0.25) is 0 Å². The zero-order valence-electron chi connectivity index (χ0n) is 10.6. The molecule has 1 aromatic carbocycles. The first-order valence-electron chi connectivity index (χ1n) is 5.98. The second kappa shape index (κ2) is 6.38. The lowest BCUT2D eigenvalue weighted by Crippen LogP contribution is -2.33. The second-order valence-corrected chi connectivity index (χ2v) is 5.17. The van der Waals surface area contributed by atoms with Gasteiger partial charge in [0, 0.05) is 12.2 Å². The third kappa shape index (κ3) is 3.82. The molecule has 19 heavy (non-hydrogen) atoms. The van der Waals surface area contributed by atoms with E-state index in [0.717, 1.165) is 6.54 Å². The van der Waals surface area contributed by atoms with Crippen LogP contribution in [-0.2, 0) is 9.59 Å². The van der Waals surface area contributed by atoms with Gasteiger partial charge in [0.2, 0.25) is 5.91 Å². The number of benzene rings is 1. The second-order valence-electron chi connectivity index (χ2n) is 4.08. The molecule has 0 aliphatic carbocycles. The molecule has 1 atom stereocenters. The third-order valence-electron chi connectivity index (χ3n) is 2.52. The monoisotopic (exact) mass is 277 g/mol. The molecule has 1 aliphatic heterocycles. The Labute approximate surface area is 115 Å². The summed E-state index contributed by atoms with van der Waals surface area (Å²) in [5.41, 5.74) is 0.681. The predicted octanol–water partition coefficient (Wildman–Crippen LogP) is 1.28. The number of anilines is 1. The van der Waals surface area contributed by atoms with Crippen molar-refractivity contribution in [3.05, 3.63) is 30.3 Å². The van der Waals surface area contributed by atoms with E-state index in [0.29, 0.717) is 17.4 Å². The topological polar surface area (TPSA) is 70.6 Å². The Morgan fingerprint density at radius 2 is 2.11 bits per heavy atom.